The molecule has 0 aliphatic rings. The Morgan fingerprint density at radius 2 is 1.69 bits per heavy atom. The number of ether oxygens (including phenoxy) is 1. The summed E-state index contributed by atoms with van der Waals surface area (Å²) >= 11 is 0. The molecule has 0 saturated heterocycles. The van der Waals surface area contributed by atoms with Gasteiger partial charge >= 0.3 is 6.18 Å². The first-order valence-corrected chi connectivity index (χ1v) is 9.74. The Morgan fingerprint density at radius 3 is 2.31 bits per heavy atom. The third kappa shape index (κ3) is 6.42. The average molecular weight is 446 g/mol. The van der Waals surface area contributed by atoms with Crippen molar-refractivity contribution in [3.63, 3.8) is 0 Å². The van der Waals surface area contributed by atoms with E-state index in [1.54, 1.807) is 30.5 Å². The summed E-state index contributed by atoms with van der Waals surface area (Å²) in [5, 5.41) is 9.61. The van der Waals surface area contributed by atoms with Crippen molar-refractivity contribution in [3.05, 3.63) is 77.6 Å². The van der Waals surface area contributed by atoms with Crippen LogP contribution in [0.1, 0.15) is 33.3 Å². The Labute approximate surface area is 182 Å². The minimum atomic E-state index is -4.40. The molecule has 1 heterocycles. The number of hydrogen-bond donors (Lipinski definition) is 2. The van der Waals surface area contributed by atoms with Crippen molar-refractivity contribution in [2.24, 2.45) is 0 Å². The summed E-state index contributed by atoms with van der Waals surface area (Å²) < 4.78 is 42.6. The molecular weight excluding hydrogens is 425 g/mol. The predicted octanol–water partition coefficient (Wildman–Crippen LogP) is 4.49. The Balaban J connectivity index is 1.68. The molecule has 2 N–H and O–H groups in total. The third-order valence-electron chi connectivity index (χ3n) is 4.33. The fourth-order valence-electron chi connectivity index (χ4n) is 2.79. The van der Waals surface area contributed by atoms with Crippen LogP contribution in [0, 0.1) is 0 Å². The van der Waals surface area contributed by atoms with E-state index >= 15 is 0 Å². The number of halogens is 3. The smallest absolute Gasteiger partial charge is 0.367 e. The molecule has 0 radical (unpaired) electrons. The van der Waals surface area contributed by atoms with E-state index in [1.807, 2.05) is 13.0 Å². The van der Waals surface area contributed by atoms with Gasteiger partial charge in [0.2, 0.25) is 0 Å². The molecule has 0 unspecified atom stereocenters. The van der Waals surface area contributed by atoms with Crippen molar-refractivity contribution < 1.29 is 27.5 Å². The van der Waals surface area contributed by atoms with Gasteiger partial charge in [-0.1, -0.05) is 30.3 Å². The number of carbonyl (C=O) groups excluding carboxylic acids is 2. The van der Waals surface area contributed by atoms with Crippen molar-refractivity contribution in [1.29, 1.82) is 0 Å². The standard InChI is InChI=1S/C22H21F3N4O3/c1-2-29-12-18(19(28-29)21(31)26-17-6-4-3-5-7-17)27-20(30)16-10-8-15(9-11-16)13-32-14-22(23,24)25/h3-12H,2,13-14H2,1H3,(H,26,31)(H,27,30). The molecule has 2 amide bonds. The van der Waals surface area contributed by atoms with Crippen LogP contribution in [0.2, 0.25) is 0 Å². The maximum absolute atomic E-state index is 12.7. The molecule has 0 aliphatic carbocycles. The molecule has 3 aromatic rings. The van der Waals surface area contributed by atoms with Gasteiger partial charge in [0.25, 0.3) is 11.8 Å². The summed E-state index contributed by atoms with van der Waals surface area (Å²) in [4.78, 5) is 25.3. The van der Waals surface area contributed by atoms with E-state index in [4.69, 9.17) is 0 Å². The van der Waals surface area contributed by atoms with Crippen LogP contribution in [0.4, 0.5) is 24.5 Å². The number of hydrogen-bond acceptors (Lipinski definition) is 4. The highest BCUT2D eigenvalue weighted by atomic mass is 19.4. The number of para-hydroxylation sites is 1. The van der Waals surface area contributed by atoms with Gasteiger partial charge in [0.1, 0.15) is 6.61 Å². The normalized spacial score (nSPS) is 11.2. The van der Waals surface area contributed by atoms with Gasteiger partial charge in [-0.15, -0.1) is 0 Å². The number of alkyl halides is 3. The molecule has 168 valence electrons. The van der Waals surface area contributed by atoms with Crippen LogP contribution in [0.3, 0.4) is 0 Å². The van der Waals surface area contributed by atoms with Gasteiger partial charge in [-0.2, -0.15) is 18.3 Å². The van der Waals surface area contributed by atoms with Crippen molar-refractivity contribution in [3.8, 4) is 0 Å². The van der Waals surface area contributed by atoms with E-state index in [2.05, 4.69) is 20.5 Å². The highest BCUT2D eigenvalue weighted by Gasteiger charge is 2.27. The second kappa shape index (κ2) is 10.1. The number of aromatic nitrogens is 2. The Hall–Kier alpha value is -3.66. The van der Waals surface area contributed by atoms with E-state index in [-0.39, 0.29) is 23.6 Å². The van der Waals surface area contributed by atoms with Crippen LogP contribution in [0.5, 0.6) is 0 Å². The molecule has 0 saturated carbocycles. The Morgan fingerprint density at radius 1 is 1.00 bits per heavy atom. The molecule has 0 fully saturated rings. The van der Waals surface area contributed by atoms with E-state index < -0.39 is 24.6 Å². The number of carbonyl (C=O) groups is 2. The van der Waals surface area contributed by atoms with Gasteiger partial charge in [-0.05, 0) is 36.8 Å². The lowest BCUT2D eigenvalue weighted by molar-refractivity contribution is -0.176. The fraction of sp³-hybridized carbons (Fsp3) is 0.227. The molecule has 0 bridgehead atoms. The van der Waals surface area contributed by atoms with Crippen molar-refractivity contribution in [2.75, 3.05) is 17.2 Å². The zero-order chi connectivity index (χ0) is 23.1. The van der Waals surface area contributed by atoms with Crippen molar-refractivity contribution in [2.45, 2.75) is 26.3 Å². The van der Waals surface area contributed by atoms with Crippen LogP contribution in [0.25, 0.3) is 0 Å². The van der Waals surface area contributed by atoms with E-state index in [1.165, 1.54) is 28.9 Å². The Kier molecular flexibility index (Phi) is 7.26. The lowest BCUT2D eigenvalue weighted by atomic mass is 10.1. The van der Waals surface area contributed by atoms with Crippen LogP contribution in [-0.2, 0) is 17.9 Å². The van der Waals surface area contributed by atoms with Crippen LogP contribution in [0.15, 0.2) is 60.8 Å². The zero-order valence-electron chi connectivity index (χ0n) is 17.1. The molecule has 1 aromatic heterocycles. The molecule has 7 nitrogen and oxygen atoms in total. The average Bonchev–Trinajstić information content (AvgIpc) is 3.17. The topological polar surface area (TPSA) is 85.2 Å². The summed E-state index contributed by atoms with van der Waals surface area (Å²) in [5.74, 6) is -0.965. The number of anilines is 2. The minimum Gasteiger partial charge on any atom is -0.367 e. The van der Waals surface area contributed by atoms with Gasteiger partial charge in [0.05, 0.1) is 12.3 Å². The third-order valence-corrected chi connectivity index (χ3v) is 4.33. The van der Waals surface area contributed by atoms with Crippen molar-refractivity contribution in [1.82, 2.24) is 9.78 Å². The summed E-state index contributed by atoms with van der Waals surface area (Å²) in [6, 6.07) is 14.8. The highest BCUT2D eigenvalue weighted by Crippen LogP contribution is 2.19. The quantitative estimate of drug-likeness (QED) is 0.534. The van der Waals surface area contributed by atoms with Gasteiger partial charge in [-0.3, -0.25) is 14.3 Å². The maximum Gasteiger partial charge on any atom is 0.411 e. The lowest BCUT2D eigenvalue weighted by Gasteiger charge is -2.09. The predicted molar refractivity (Wildman–Crippen MR) is 112 cm³/mol. The molecule has 2 aromatic carbocycles. The maximum atomic E-state index is 12.7. The summed E-state index contributed by atoms with van der Waals surface area (Å²) in [7, 11) is 0. The first kappa shape index (κ1) is 23.0. The molecule has 0 spiro atoms. The van der Waals surface area contributed by atoms with Gasteiger partial charge in [-0.25, -0.2) is 0 Å². The lowest BCUT2D eigenvalue weighted by Crippen LogP contribution is -2.18. The first-order chi connectivity index (χ1) is 15.2. The number of rotatable bonds is 8. The first-order valence-electron chi connectivity index (χ1n) is 9.74. The number of aryl methyl sites for hydroxylation is 1. The molecule has 10 heteroatoms. The van der Waals surface area contributed by atoms with Crippen LogP contribution in [-0.4, -0.2) is 34.4 Å². The minimum absolute atomic E-state index is 0.0567. The fourth-order valence-corrected chi connectivity index (χ4v) is 2.79. The molecular formula is C22H21F3N4O3. The number of nitrogens with one attached hydrogen (secondary N) is 2. The number of nitrogens with zero attached hydrogens (tertiary/aromatic N) is 2. The molecule has 3 rings (SSSR count). The molecule has 32 heavy (non-hydrogen) atoms. The van der Waals surface area contributed by atoms with Gasteiger partial charge in [0.15, 0.2) is 5.69 Å². The molecule has 0 aliphatic heterocycles. The monoisotopic (exact) mass is 446 g/mol. The van der Waals surface area contributed by atoms with Crippen LogP contribution < -0.4 is 10.6 Å². The molecule has 0 atom stereocenters. The van der Waals surface area contributed by atoms with E-state index in [9.17, 15) is 22.8 Å². The largest absolute Gasteiger partial charge is 0.411 e. The van der Waals surface area contributed by atoms with E-state index in [0.29, 0.717) is 17.8 Å². The van der Waals surface area contributed by atoms with Gasteiger partial charge < -0.3 is 15.4 Å². The van der Waals surface area contributed by atoms with E-state index in [0.717, 1.165) is 0 Å². The second-order valence-electron chi connectivity index (χ2n) is 6.83. The van der Waals surface area contributed by atoms with Crippen LogP contribution >= 0.6 is 0 Å². The summed E-state index contributed by atoms with van der Waals surface area (Å²) in [6.07, 6.45) is -2.84. The zero-order valence-corrected chi connectivity index (χ0v) is 17.1. The summed E-state index contributed by atoms with van der Waals surface area (Å²) in [5.41, 5.74) is 1.64. The summed E-state index contributed by atoms with van der Waals surface area (Å²) in [6.45, 7) is 0.768. The highest BCUT2D eigenvalue weighted by molar-refractivity contribution is 6.11. The number of benzene rings is 2. The second-order valence-corrected chi connectivity index (χ2v) is 6.83. The number of amides is 2. The van der Waals surface area contributed by atoms with Crippen molar-refractivity contribution >= 4 is 23.2 Å². The SMILES string of the molecule is CCn1cc(NC(=O)c2ccc(COCC(F)(F)F)cc2)c(C(=O)Nc2ccccc2)n1. The Bertz CT molecular complexity index is 1060. The van der Waals surface area contributed by atoms with Gasteiger partial charge in [0, 0.05) is 24.0 Å².